The Morgan fingerprint density at radius 1 is 1.12 bits per heavy atom. The Kier molecular flexibility index (Phi) is 3.08. The van der Waals surface area contributed by atoms with Crippen LogP contribution in [0.2, 0.25) is 0 Å². The lowest BCUT2D eigenvalue weighted by atomic mass is 9.83. The minimum atomic E-state index is 0.782. The first kappa shape index (κ1) is 13.7. The van der Waals surface area contributed by atoms with Crippen LogP contribution in [0.5, 0.6) is 0 Å². The van der Waals surface area contributed by atoms with Crippen molar-refractivity contribution in [3.8, 4) is 11.1 Å². The molecule has 4 heteroatoms. The van der Waals surface area contributed by atoms with E-state index in [0.29, 0.717) is 0 Å². The van der Waals surface area contributed by atoms with Gasteiger partial charge in [-0.25, -0.2) is 9.97 Å². The molecule has 0 bridgehead atoms. The summed E-state index contributed by atoms with van der Waals surface area (Å²) in [5.74, 6) is 1.74. The van der Waals surface area contributed by atoms with Gasteiger partial charge >= 0.3 is 0 Å². The first-order chi connectivity index (χ1) is 11.9. The van der Waals surface area contributed by atoms with Crippen LogP contribution in [0.3, 0.4) is 0 Å². The molecule has 0 unspecified atom stereocenters. The van der Waals surface area contributed by atoms with Gasteiger partial charge in [0.25, 0.3) is 0 Å². The molecule has 0 aliphatic heterocycles. The van der Waals surface area contributed by atoms with Gasteiger partial charge in [0, 0.05) is 41.3 Å². The molecule has 0 amide bonds. The molecule has 1 aliphatic rings. The van der Waals surface area contributed by atoms with Gasteiger partial charge in [0.15, 0.2) is 0 Å². The van der Waals surface area contributed by atoms with Crippen molar-refractivity contribution in [2.75, 3.05) is 0 Å². The van der Waals surface area contributed by atoms with E-state index in [1.807, 2.05) is 24.7 Å². The zero-order valence-corrected chi connectivity index (χ0v) is 13.4. The molecule has 4 nitrogen and oxygen atoms in total. The Labute approximate surface area is 140 Å². The van der Waals surface area contributed by atoms with Crippen LogP contribution in [-0.4, -0.2) is 19.9 Å². The molecule has 118 valence electrons. The van der Waals surface area contributed by atoms with Crippen LogP contribution < -0.4 is 0 Å². The molecule has 1 saturated carbocycles. The van der Waals surface area contributed by atoms with E-state index >= 15 is 0 Å². The molecule has 0 radical (unpaired) electrons. The van der Waals surface area contributed by atoms with Crippen LogP contribution in [-0.2, 0) is 6.42 Å². The number of fused-ring (bicyclic) bond motifs is 2. The number of hydrogen-bond acceptors (Lipinski definition) is 3. The number of aromatic nitrogens is 4. The van der Waals surface area contributed by atoms with Gasteiger partial charge in [0.2, 0.25) is 0 Å². The van der Waals surface area contributed by atoms with E-state index in [0.717, 1.165) is 51.2 Å². The van der Waals surface area contributed by atoms with Gasteiger partial charge in [-0.3, -0.25) is 4.98 Å². The Hall–Kier alpha value is -2.75. The highest BCUT2D eigenvalue weighted by atomic mass is 14.9. The lowest BCUT2D eigenvalue weighted by Crippen LogP contribution is -2.15. The Morgan fingerprint density at radius 3 is 2.96 bits per heavy atom. The van der Waals surface area contributed by atoms with Crippen LogP contribution in [0.4, 0.5) is 0 Å². The normalized spacial score (nSPS) is 15.0. The second-order valence-corrected chi connectivity index (χ2v) is 6.66. The maximum absolute atomic E-state index is 4.73. The average Bonchev–Trinajstić information content (AvgIpc) is 3.01. The second-order valence-electron chi connectivity index (χ2n) is 6.66. The van der Waals surface area contributed by atoms with Crippen molar-refractivity contribution in [2.45, 2.75) is 25.7 Å². The molecule has 1 aromatic carbocycles. The van der Waals surface area contributed by atoms with E-state index in [4.69, 9.17) is 4.98 Å². The summed E-state index contributed by atoms with van der Waals surface area (Å²) in [7, 11) is 0. The molecule has 3 aromatic heterocycles. The monoisotopic (exact) mass is 314 g/mol. The van der Waals surface area contributed by atoms with E-state index in [1.165, 1.54) is 19.3 Å². The molecule has 1 fully saturated rings. The van der Waals surface area contributed by atoms with Crippen LogP contribution in [0.15, 0.2) is 48.9 Å². The van der Waals surface area contributed by atoms with E-state index in [-0.39, 0.29) is 0 Å². The standard InChI is InChI=1S/C20H18N4/c1-3-13(4-1)9-19-22-12-17-16(11-23-20(17)24-19)14-6-7-18-15(10-14)5-2-8-21-18/h2,5-8,10-13H,1,3-4,9H2,(H,22,23,24). The maximum atomic E-state index is 4.73. The molecule has 0 atom stereocenters. The zero-order chi connectivity index (χ0) is 15.9. The molecular weight excluding hydrogens is 296 g/mol. The molecule has 0 saturated heterocycles. The third-order valence-corrected chi connectivity index (χ3v) is 5.09. The predicted molar refractivity (Wildman–Crippen MR) is 95.7 cm³/mol. The van der Waals surface area contributed by atoms with Gasteiger partial charge in [0.1, 0.15) is 11.5 Å². The molecule has 24 heavy (non-hydrogen) atoms. The Balaban J connectivity index is 1.55. The minimum Gasteiger partial charge on any atom is -0.345 e. The van der Waals surface area contributed by atoms with E-state index < -0.39 is 0 Å². The smallest absolute Gasteiger partial charge is 0.141 e. The third kappa shape index (κ3) is 2.26. The summed E-state index contributed by atoms with van der Waals surface area (Å²) in [5, 5.41) is 2.22. The fraction of sp³-hybridized carbons (Fsp3) is 0.250. The highest BCUT2D eigenvalue weighted by Crippen LogP contribution is 2.31. The van der Waals surface area contributed by atoms with E-state index in [1.54, 1.807) is 0 Å². The number of nitrogens with zero attached hydrogens (tertiary/aromatic N) is 3. The average molecular weight is 314 g/mol. The quantitative estimate of drug-likeness (QED) is 0.605. The van der Waals surface area contributed by atoms with Crippen molar-refractivity contribution in [3.63, 3.8) is 0 Å². The zero-order valence-electron chi connectivity index (χ0n) is 13.4. The van der Waals surface area contributed by atoms with Crippen molar-refractivity contribution < 1.29 is 0 Å². The second kappa shape index (κ2) is 5.41. The molecule has 1 N–H and O–H groups in total. The topological polar surface area (TPSA) is 54.5 Å². The predicted octanol–water partition coefficient (Wildman–Crippen LogP) is 4.52. The van der Waals surface area contributed by atoms with Gasteiger partial charge in [-0.15, -0.1) is 0 Å². The van der Waals surface area contributed by atoms with Gasteiger partial charge in [-0.1, -0.05) is 31.4 Å². The molecule has 0 spiro atoms. The van der Waals surface area contributed by atoms with Gasteiger partial charge in [-0.05, 0) is 29.7 Å². The van der Waals surface area contributed by atoms with Crippen molar-refractivity contribution in [1.29, 1.82) is 0 Å². The first-order valence-electron chi connectivity index (χ1n) is 8.55. The van der Waals surface area contributed by atoms with E-state index in [9.17, 15) is 0 Å². The number of pyridine rings is 1. The van der Waals surface area contributed by atoms with Crippen molar-refractivity contribution in [2.24, 2.45) is 5.92 Å². The van der Waals surface area contributed by atoms with Gasteiger partial charge in [0.05, 0.1) is 5.52 Å². The maximum Gasteiger partial charge on any atom is 0.141 e. The number of hydrogen-bond donors (Lipinski definition) is 1. The highest BCUT2D eigenvalue weighted by molar-refractivity contribution is 5.95. The fourth-order valence-electron chi connectivity index (χ4n) is 3.48. The lowest BCUT2D eigenvalue weighted by Gasteiger charge is -2.24. The fourth-order valence-corrected chi connectivity index (χ4v) is 3.48. The van der Waals surface area contributed by atoms with Crippen molar-refractivity contribution >= 4 is 21.9 Å². The first-order valence-corrected chi connectivity index (χ1v) is 8.55. The highest BCUT2D eigenvalue weighted by Gasteiger charge is 2.19. The largest absolute Gasteiger partial charge is 0.345 e. The van der Waals surface area contributed by atoms with Crippen molar-refractivity contribution in [3.05, 3.63) is 54.7 Å². The summed E-state index contributed by atoms with van der Waals surface area (Å²) in [6.07, 6.45) is 10.8. The molecule has 5 rings (SSSR count). The summed E-state index contributed by atoms with van der Waals surface area (Å²) in [6.45, 7) is 0. The number of benzene rings is 1. The number of rotatable bonds is 3. The molecule has 4 aromatic rings. The molecule has 3 heterocycles. The van der Waals surface area contributed by atoms with Gasteiger partial charge in [-0.2, -0.15) is 0 Å². The lowest BCUT2D eigenvalue weighted by molar-refractivity contribution is 0.309. The summed E-state index contributed by atoms with van der Waals surface area (Å²) in [5.41, 5.74) is 4.25. The number of H-pyrrole nitrogens is 1. The Morgan fingerprint density at radius 2 is 2.08 bits per heavy atom. The molecular formula is C20H18N4. The van der Waals surface area contributed by atoms with E-state index in [2.05, 4.69) is 39.2 Å². The van der Waals surface area contributed by atoms with Crippen LogP contribution in [0, 0.1) is 5.92 Å². The Bertz CT molecular complexity index is 1030. The molecule has 1 aliphatic carbocycles. The third-order valence-electron chi connectivity index (χ3n) is 5.09. The SMILES string of the molecule is c1cnc2ccc(-c3c[nH]c4nc(CC5CCC5)ncc34)cc2c1. The minimum absolute atomic E-state index is 0.782. The van der Waals surface area contributed by atoms with Crippen LogP contribution in [0.25, 0.3) is 33.1 Å². The number of nitrogens with one attached hydrogen (secondary N) is 1. The van der Waals surface area contributed by atoms with Crippen LogP contribution in [0.1, 0.15) is 25.1 Å². The van der Waals surface area contributed by atoms with Gasteiger partial charge < -0.3 is 4.98 Å². The summed E-state index contributed by atoms with van der Waals surface area (Å²) >= 11 is 0. The van der Waals surface area contributed by atoms with Crippen LogP contribution >= 0.6 is 0 Å². The van der Waals surface area contributed by atoms with Crippen molar-refractivity contribution in [1.82, 2.24) is 19.9 Å². The summed E-state index contributed by atoms with van der Waals surface area (Å²) < 4.78 is 0. The summed E-state index contributed by atoms with van der Waals surface area (Å²) in [6, 6.07) is 10.4. The summed E-state index contributed by atoms with van der Waals surface area (Å²) in [4.78, 5) is 17.0. The number of aromatic amines is 1.